The lowest BCUT2D eigenvalue weighted by molar-refractivity contribution is 0.151. The van der Waals surface area contributed by atoms with Gasteiger partial charge in [-0.25, -0.2) is 0 Å². The van der Waals surface area contributed by atoms with E-state index in [1.807, 2.05) is 0 Å². The Balaban J connectivity index is 2.37. The zero-order valence-corrected chi connectivity index (χ0v) is 20.8. The van der Waals surface area contributed by atoms with Crippen molar-refractivity contribution in [2.45, 2.75) is 104 Å². The Bertz CT molecular complexity index is 648. The van der Waals surface area contributed by atoms with Gasteiger partial charge in [-0.3, -0.25) is 0 Å². The van der Waals surface area contributed by atoms with Crippen molar-refractivity contribution in [2.24, 2.45) is 17.3 Å². The summed E-state index contributed by atoms with van der Waals surface area (Å²) in [5.74, 6) is 4.39. The Morgan fingerprint density at radius 2 is 1.57 bits per heavy atom. The maximum absolute atomic E-state index is 4.35. The molecule has 1 aromatic carbocycles. The number of benzene rings is 1. The second kappa shape index (κ2) is 9.41. The molecule has 0 amide bonds. The summed E-state index contributed by atoms with van der Waals surface area (Å²) in [5.41, 5.74) is 6.48. The highest BCUT2D eigenvalue weighted by molar-refractivity contribution is 7.99. The van der Waals surface area contributed by atoms with Crippen LogP contribution in [0.1, 0.15) is 116 Å². The molecule has 2 atom stereocenters. The summed E-state index contributed by atoms with van der Waals surface area (Å²) in [7, 11) is 0. The molecule has 0 unspecified atom stereocenters. The maximum atomic E-state index is 4.35. The van der Waals surface area contributed by atoms with E-state index in [1.165, 1.54) is 36.2 Å². The normalized spacial score (nSPS) is 22.3. The largest absolute Gasteiger partial charge is 0.125 e. The highest BCUT2D eigenvalue weighted by Gasteiger charge is 2.35. The monoisotopic (exact) mass is 400 g/mol. The molecular formula is C27H44S. The van der Waals surface area contributed by atoms with Gasteiger partial charge in [-0.05, 0) is 77.9 Å². The number of allylic oxidation sites excluding steroid dienone is 1. The quantitative estimate of drug-likeness (QED) is 0.324. The van der Waals surface area contributed by atoms with Gasteiger partial charge in [0.25, 0.3) is 0 Å². The Kier molecular flexibility index (Phi) is 7.93. The summed E-state index contributed by atoms with van der Waals surface area (Å²) >= 11 is 2.14. The molecule has 0 heterocycles. The third kappa shape index (κ3) is 5.68. The van der Waals surface area contributed by atoms with Crippen LogP contribution in [0.15, 0.2) is 29.2 Å². The van der Waals surface area contributed by atoms with Crippen LogP contribution in [0.3, 0.4) is 0 Å². The molecule has 158 valence electrons. The lowest BCUT2D eigenvalue weighted by Gasteiger charge is -2.41. The summed E-state index contributed by atoms with van der Waals surface area (Å²) in [4.78, 5) is 1.57. The molecule has 0 saturated heterocycles. The van der Waals surface area contributed by atoms with E-state index in [0.717, 1.165) is 5.92 Å². The molecule has 0 aromatic heterocycles. The lowest BCUT2D eigenvalue weighted by Crippen LogP contribution is -2.31. The minimum Gasteiger partial charge on any atom is -0.125 e. The third-order valence-electron chi connectivity index (χ3n) is 6.67. The molecule has 0 spiro atoms. The second-order valence-corrected chi connectivity index (χ2v) is 12.0. The number of rotatable bonds is 7. The van der Waals surface area contributed by atoms with Crippen LogP contribution in [0.2, 0.25) is 0 Å². The fraction of sp³-hybridized carbons (Fsp3) is 0.704. The Labute approximate surface area is 180 Å². The first kappa shape index (κ1) is 23.6. The standard InChI is InChI=1S/C27H44S/c1-17(2)21-13-24(19(5)6)26(25(14-21)20(7)8)28-16-22-15-27(9,10)12-11-23(22)18(3)4/h13-14,17,19-20,22-23H,3,11-12,15-16H2,1-2,4-10H3/t22-,23-/m1/s1. The minimum absolute atomic E-state index is 0.473. The molecule has 0 bridgehead atoms. The summed E-state index contributed by atoms with van der Waals surface area (Å²) in [5, 5.41) is 0. The smallest absolute Gasteiger partial charge is 0.0142 e. The van der Waals surface area contributed by atoms with Crippen molar-refractivity contribution >= 4 is 11.8 Å². The first-order chi connectivity index (χ1) is 12.9. The molecule has 0 radical (unpaired) electrons. The molecule has 1 aliphatic carbocycles. The molecule has 1 saturated carbocycles. The summed E-state index contributed by atoms with van der Waals surface area (Å²) in [6.07, 6.45) is 3.98. The van der Waals surface area contributed by atoms with E-state index in [4.69, 9.17) is 0 Å². The fourth-order valence-corrected chi connectivity index (χ4v) is 6.46. The lowest BCUT2D eigenvalue weighted by atomic mass is 9.66. The Morgan fingerprint density at radius 3 is 2.00 bits per heavy atom. The molecule has 0 nitrogen and oxygen atoms in total. The molecule has 1 aliphatic rings. The Hall–Kier alpha value is -0.690. The summed E-state index contributed by atoms with van der Waals surface area (Å²) in [6.45, 7) is 25.6. The van der Waals surface area contributed by atoms with Crippen molar-refractivity contribution < 1.29 is 0 Å². The van der Waals surface area contributed by atoms with Crippen molar-refractivity contribution in [3.63, 3.8) is 0 Å². The summed E-state index contributed by atoms with van der Waals surface area (Å²) in [6, 6.07) is 4.98. The number of thioether (sulfide) groups is 1. The van der Waals surface area contributed by atoms with E-state index in [9.17, 15) is 0 Å². The van der Waals surface area contributed by atoms with Gasteiger partial charge in [0, 0.05) is 10.6 Å². The average molecular weight is 401 g/mol. The zero-order valence-electron chi connectivity index (χ0n) is 20.0. The van der Waals surface area contributed by atoms with E-state index in [1.54, 1.807) is 16.0 Å². The van der Waals surface area contributed by atoms with Crippen LogP contribution in [0.25, 0.3) is 0 Å². The minimum atomic E-state index is 0.473. The Morgan fingerprint density at radius 1 is 1.04 bits per heavy atom. The highest BCUT2D eigenvalue weighted by atomic mass is 32.2. The van der Waals surface area contributed by atoms with Crippen LogP contribution < -0.4 is 0 Å². The van der Waals surface area contributed by atoms with Gasteiger partial charge < -0.3 is 0 Å². The SMILES string of the molecule is C=C(C)[C@H]1CCC(C)(C)C[C@@H]1CSc1c(C(C)C)cc(C(C)C)cc1C(C)C. The summed E-state index contributed by atoms with van der Waals surface area (Å²) < 4.78 is 0. The number of hydrogen-bond donors (Lipinski definition) is 0. The molecule has 28 heavy (non-hydrogen) atoms. The van der Waals surface area contributed by atoms with Gasteiger partial charge in [0.2, 0.25) is 0 Å². The van der Waals surface area contributed by atoms with Gasteiger partial charge in [0.15, 0.2) is 0 Å². The predicted molar refractivity (Wildman–Crippen MR) is 129 cm³/mol. The molecule has 2 rings (SSSR count). The van der Waals surface area contributed by atoms with Crippen molar-refractivity contribution in [1.82, 2.24) is 0 Å². The molecular weight excluding hydrogens is 356 g/mol. The molecule has 1 aromatic rings. The van der Waals surface area contributed by atoms with Crippen LogP contribution in [0.4, 0.5) is 0 Å². The van der Waals surface area contributed by atoms with Gasteiger partial charge >= 0.3 is 0 Å². The van der Waals surface area contributed by atoms with Crippen molar-refractivity contribution in [3.05, 3.63) is 41.0 Å². The third-order valence-corrected chi connectivity index (χ3v) is 8.02. The second-order valence-electron chi connectivity index (χ2n) is 10.9. The first-order valence-corrected chi connectivity index (χ1v) is 12.4. The van der Waals surface area contributed by atoms with Gasteiger partial charge in [-0.1, -0.05) is 79.7 Å². The van der Waals surface area contributed by atoms with E-state index in [0.29, 0.717) is 29.1 Å². The van der Waals surface area contributed by atoms with Crippen LogP contribution in [-0.2, 0) is 0 Å². The predicted octanol–water partition coefficient (Wildman–Crippen LogP) is 9.17. The van der Waals surface area contributed by atoms with Crippen LogP contribution in [-0.4, -0.2) is 5.75 Å². The molecule has 1 heteroatoms. The van der Waals surface area contributed by atoms with Crippen molar-refractivity contribution in [2.75, 3.05) is 5.75 Å². The van der Waals surface area contributed by atoms with E-state index in [-0.39, 0.29) is 0 Å². The maximum Gasteiger partial charge on any atom is 0.0142 e. The van der Waals surface area contributed by atoms with E-state index < -0.39 is 0 Å². The number of hydrogen-bond acceptors (Lipinski definition) is 1. The van der Waals surface area contributed by atoms with Gasteiger partial charge in [0.05, 0.1) is 0 Å². The molecule has 0 aliphatic heterocycles. The topological polar surface area (TPSA) is 0 Å². The average Bonchev–Trinajstić information content (AvgIpc) is 2.57. The van der Waals surface area contributed by atoms with Crippen LogP contribution >= 0.6 is 11.8 Å². The van der Waals surface area contributed by atoms with Crippen LogP contribution in [0, 0.1) is 17.3 Å². The van der Waals surface area contributed by atoms with Gasteiger partial charge in [-0.15, -0.1) is 11.8 Å². The van der Waals surface area contributed by atoms with Crippen molar-refractivity contribution in [3.8, 4) is 0 Å². The zero-order chi connectivity index (χ0) is 21.2. The van der Waals surface area contributed by atoms with Gasteiger partial charge in [0.1, 0.15) is 0 Å². The first-order valence-electron chi connectivity index (χ1n) is 11.4. The molecule has 1 fully saturated rings. The highest BCUT2D eigenvalue weighted by Crippen LogP contribution is 2.47. The van der Waals surface area contributed by atoms with E-state index in [2.05, 4.69) is 92.8 Å². The van der Waals surface area contributed by atoms with E-state index >= 15 is 0 Å². The van der Waals surface area contributed by atoms with Crippen molar-refractivity contribution in [1.29, 1.82) is 0 Å². The van der Waals surface area contributed by atoms with Gasteiger partial charge in [-0.2, -0.15) is 0 Å². The van der Waals surface area contributed by atoms with Crippen LogP contribution in [0.5, 0.6) is 0 Å². The fourth-order valence-electron chi connectivity index (χ4n) is 4.81. The molecule has 0 N–H and O–H groups in total.